The smallest absolute Gasteiger partial charge is 0.222 e. The molecule has 0 bridgehead atoms. The second-order valence-corrected chi connectivity index (χ2v) is 7.17. The molecule has 0 unspecified atom stereocenters. The molecule has 1 heterocycles. The highest BCUT2D eigenvalue weighted by Gasteiger charge is 2.22. The Morgan fingerprint density at radius 2 is 1.79 bits per heavy atom. The predicted octanol–water partition coefficient (Wildman–Crippen LogP) is 3.17. The number of hydrogen-bond donors (Lipinski definition) is 1. The topological polar surface area (TPSA) is 60.0 Å². The van der Waals surface area contributed by atoms with Crippen LogP contribution in [0.2, 0.25) is 0 Å². The van der Waals surface area contributed by atoms with Crippen molar-refractivity contribution in [3.63, 3.8) is 0 Å². The zero-order chi connectivity index (χ0) is 20.6. The standard InChI is InChI=1S/C23H30N2O4/c1-27-20-7-4-6-17(12-20)15-24-10-5-8-23(26)25-11-9-18-13-21(28-2)22(29-3)14-19(18)16-25/h4,6-7,12-14,24H,5,8-11,15-16H2,1-3H3. The zero-order valence-corrected chi connectivity index (χ0v) is 17.5. The SMILES string of the molecule is COc1cccc(CNCCCC(=O)N2CCc3cc(OC)c(OC)cc3C2)c1. The van der Waals surface area contributed by atoms with Crippen molar-refractivity contribution in [1.82, 2.24) is 10.2 Å². The number of fused-ring (bicyclic) bond motifs is 1. The van der Waals surface area contributed by atoms with Crippen molar-refractivity contribution in [2.75, 3.05) is 34.4 Å². The Labute approximate surface area is 172 Å². The summed E-state index contributed by atoms with van der Waals surface area (Å²) in [5.74, 6) is 2.52. The number of carbonyl (C=O) groups is 1. The van der Waals surface area contributed by atoms with Gasteiger partial charge in [0.2, 0.25) is 5.91 Å². The Hall–Kier alpha value is -2.73. The first-order chi connectivity index (χ1) is 14.1. The van der Waals surface area contributed by atoms with E-state index in [1.165, 1.54) is 11.1 Å². The lowest BCUT2D eigenvalue weighted by atomic mass is 9.98. The van der Waals surface area contributed by atoms with Crippen molar-refractivity contribution < 1.29 is 19.0 Å². The molecule has 0 aromatic heterocycles. The molecule has 1 amide bonds. The molecule has 6 nitrogen and oxygen atoms in total. The van der Waals surface area contributed by atoms with Crippen molar-refractivity contribution >= 4 is 5.91 Å². The highest BCUT2D eigenvalue weighted by atomic mass is 16.5. The molecule has 0 fully saturated rings. The number of methoxy groups -OCH3 is 3. The molecule has 1 N–H and O–H groups in total. The molecule has 3 rings (SSSR count). The van der Waals surface area contributed by atoms with E-state index in [0.717, 1.165) is 49.5 Å². The van der Waals surface area contributed by atoms with E-state index in [9.17, 15) is 4.79 Å². The van der Waals surface area contributed by atoms with Crippen molar-refractivity contribution in [2.24, 2.45) is 0 Å². The van der Waals surface area contributed by atoms with Gasteiger partial charge in [0, 0.05) is 26.1 Å². The fraction of sp³-hybridized carbons (Fsp3) is 0.435. The van der Waals surface area contributed by atoms with Crippen LogP contribution < -0.4 is 19.5 Å². The molecule has 0 atom stereocenters. The number of amides is 1. The second kappa shape index (κ2) is 10.2. The number of ether oxygens (including phenoxy) is 3. The van der Waals surface area contributed by atoms with Crippen LogP contribution in [0.1, 0.15) is 29.5 Å². The maximum absolute atomic E-state index is 12.6. The third-order valence-electron chi connectivity index (χ3n) is 5.28. The summed E-state index contributed by atoms with van der Waals surface area (Å²) in [7, 11) is 4.95. The van der Waals surface area contributed by atoms with Crippen LogP contribution in [0.3, 0.4) is 0 Å². The summed E-state index contributed by atoms with van der Waals surface area (Å²) in [6, 6.07) is 12.0. The molecule has 0 saturated carbocycles. The minimum atomic E-state index is 0.202. The van der Waals surface area contributed by atoms with Gasteiger partial charge in [0.25, 0.3) is 0 Å². The summed E-state index contributed by atoms with van der Waals surface area (Å²) in [6.07, 6.45) is 2.21. The maximum Gasteiger partial charge on any atom is 0.222 e. The quantitative estimate of drug-likeness (QED) is 0.658. The Morgan fingerprint density at radius 3 is 2.52 bits per heavy atom. The van der Waals surface area contributed by atoms with Gasteiger partial charge < -0.3 is 24.4 Å². The van der Waals surface area contributed by atoms with Crippen LogP contribution in [0.5, 0.6) is 17.2 Å². The number of benzene rings is 2. The largest absolute Gasteiger partial charge is 0.497 e. The monoisotopic (exact) mass is 398 g/mol. The number of carbonyl (C=O) groups excluding carboxylic acids is 1. The lowest BCUT2D eigenvalue weighted by molar-refractivity contribution is -0.132. The number of rotatable bonds is 9. The molecule has 6 heteroatoms. The van der Waals surface area contributed by atoms with Crippen LogP contribution in [-0.4, -0.2) is 45.2 Å². The summed E-state index contributed by atoms with van der Waals surface area (Å²) in [4.78, 5) is 14.6. The van der Waals surface area contributed by atoms with E-state index >= 15 is 0 Å². The van der Waals surface area contributed by atoms with E-state index in [-0.39, 0.29) is 5.91 Å². The summed E-state index contributed by atoms with van der Waals surface area (Å²) >= 11 is 0. The third kappa shape index (κ3) is 5.41. The average molecular weight is 399 g/mol. The van der Waals surface area contributed by atoms with Crippen molar-refractivity contribution in [3.05, 3.63) is 53.1 Å². The van der Waals surface area contributed by atoms with E-state index in [4.69, 9.17) is 14.2 Å². The van der Waals surface area contributed by atoms with Crippen LogP contribution in [0.4, 0.5) is 0 Å². The molecule has 29 heavy (non-hydrogen) atoms. The molecule has 156 valence electrons. The van der Waals surface area contributed by atoms with Gasteiger partial charge in [0.05, 0.1) is 21.3 Å². The minimum absolute atomic E-state index is 0.202. The minimum Gasteiger partial charge on any atom is -0.497 e. The summed E-state index contributed by atoms with van der Waals surface area (Å²) in [5.41, 5.74) is 3.54. The summed E-state index contributed by atoms with van der Waals surface area (Å²) in [5, 5.41) is 3.40. The van der Waals surface area contributed by atoms with Crippen LogP contribution in [0.25, 0.3) is 0 Å². The van der Waals surface area contributed by atoms with E-state index in [1.807, 2.05) is 35.2 Å². The van der Waals surface area contributed by atoms with E-state index in [2.05, 4.69) is 11.4 Å². The zero-order valence-electron chi connectivity index (χ0n) is 17.5. The normalized spacial score (nSPS) is 13.0. The molecule has 1 aliphatic heterocycles. The first kappa shape index (κ1) is 21.0. The van der Waals surface area contributed by atoms with Gasteiger partial charge in [0.1, 0.15) is 5.75 Å². The van der Waals surface area contributed by atoms with Crippen LogP contribution in [-0.2, 0) is 24.3 Å². The first-order valence-electron chi connectivity index (χ1n) is 9.99. The van der Waals surface area contributed by atoms with Crippen LogP contribution in [0.15, 0.2) is 36.4 Å². The number of nitrogens with zero attached hydrogens (tertiary/aromatic N) is 1. The van der Waals surface area contributed by atoms with Crippen LogP contribution in [0, 0.1) is 0 Å². The van der Waals surface area contributed by atoms with Gasteiger partial charge in [-0.2, -0.15) is 0 Å². The molecule has 0 saturated heterocycles. The highest BCUT2D eigenvalue weighted by molar-refractivity contribution is 5.76. The number of nitrogens with one attached hydrogen (secondary N) is 1. The van der Waals surface area contributed by atoms with Crippen molar-refractivity contribution in [1.29, 1.82) is 0 Å². The van der Waals surface area contributed by atoms with Gasteiger partial charge >= 0.3 is 0 Å². The van der Waals surface area contributed by atoms with E-state index < -0.39 is 0 Å². The van der Waals surface area contributed by atoms with Gasteiger partial charge in [-0.25, -0.2) is 0 Å². The molecular formula is C23H30N2O4. The molecule has 0 radical (unpaired) electrons. The number of hydrogen-bond acceptors (Lipinski definition) is 5. The van der Waals surface area contributed by atoms with Gasteiger partial charge in [-0.1, -0.05) is 12.1 Å². The lowest BCUT2D eigenvalue weighted by Crippen LogP contribution is -2.36. The van der Waals surface area contributed by atoms with E-state index in [1.54, 1.807) is 21.3 Å². The van der Waals surface area contributed by atoms with Gasteiger partial charge in [-0.05, 0) is 60.3 Å². The van der Waals surface area contributed by atoms with Crippen molar-refractivity contribution in [3.8, 4) is 17.2 Å². The Morgan fingerprint density at radius 1 is 1.03 bits per heavy atom. The van der Waals surface area contributed by atoms with Gasteiger partial charge in [-0.3, -0.25) is 4.79 Å². The molecular weight excluding hydrogens is 368 g/mol. The Bertz CT molecular complexity index is 838. The maximum atomic E-state index is 12.6. The highest BCUT2D eigenvalue weighted by Crippen LogP contribution is 2.33. The van der Waals surface area contributed by atoms with E-state index in [0.29, 0.717) is 18.7 Å². The second-order valence-electron chi connectivity index (χ2n) is 7.17. The third-order valence-corrected chi connectivity index (χ3v) is 5.28. The fourth-order valence-corrected chi connectivity index (χ4v) is 3.63. The first-order valence-corrected chi connectivity index (χ1v) is 9.99. The van der Waals surface area contributed by atoms with Crippen LogP contribution >= 0.6 is 0 Å². The molecule has 2 aromatic rings. The van der Waals surface area contributed by atoms with Gasteiger partial charge in [-0.15, -0.1) is 0 Å². The summed E-state index contributed by atoms with van der Waals surface area (Å²) in [6.45, 7) is 2.95. The predicted molar refractivity (Wildman–Crippen MR) is 113 cm³/mol. The van der Waals surface area contributed by atoms with Crippen molar-refractivity contribution in [2.45, 2.75) is 32.4 Å². The molecule has 1 aliphatic rings. The Kier molecular flexibility index (Phi) is 7.36. The molecule has 2 aromatic carbocycles. The fourth-order valence-electron chi connectivity index (χ4n) is 3.63. The molecule has 0 aliphatic carbocycles. The Balaban J connectivity index is 1.44. The average Bonchev–Trinajstić information content (AvgIpc) is 2.77. The summed E-state index contributed by atoms with van der Waals surface area (Å²) < 4.78 is 16.0. The molecule has 0 spiro atoms. The lowest BCUT2D eigenvalue weighted by Gasteiger charge is -2.29. The van der Waals surface area contributed by atoms with Gasteiger partial charge in [0.15, 0.2) is 11.5 Å².